The minimum absolute atomic E-state index is 0.457. The molecule has 1 aliphatic rings. The summed E-state index contributed by atoms with van der Waals surface area (Å²) in [6.45, 7) is 4.26. The molecule has 0 amide bonds. The van der Waals surface area contributed by atoms with E-state index in [9.17, 15) is 0 Å². The van der Waals surface area contributed by atoms with Gasteiger partial charge in [0.2, 0.25) is 0 Å². The molecule has 0 aliphatic carbocycles. The van der Waals surface area contributed by atoms with Crippen LogP contribution in [0.1, 0.15) is 0 Å². The first-order valence-electron chi connectivity index (χ1n) is 9.79. The largest absolute Gasteiger partial charge is 0.383 e. The van der Waals surface area contributed by atoms with Crippen molar-refractivity contribution in [1.82, 2.24) is 24.4 Å². The van der Waals surface area contributed by atoms with Crippen molar-refractivity contribution in [2.75, 3.05) is 43.9 Å². The number of nitrogens with two attached hydrogens (primary N) is 1. The van der Waals surface area contributed by atoms with Gasteiger partial charge in [0, 0.05) is 49.9 Å². The Labute approximate surface area is 169 Å². The lowest BCUT2D eigenvalue weighted by molar-refractivity contribution is 0.313. The van der Waals surface area contributed by atoms with Gasteiger partial charge in [-0.2, -0.15) is 0 Å². The number of aromatic nitrogens is 4. The zero-order valence-electron chi connectivity index (χ0n) is 16.4. The van der Waals surface area contributed by atoms with E-state index < -0.39 is 0 Å². The Bertz CT molecular complexity index is 1140. The lowest BCUT2D eigenvalue weighted by Gasteiger charge is -2.34. The van der Waals surface area contributed by atoms with Gasteiger partial charge in [0.05, 0.1) is 5.56 Å². The molecule has 5 rings (SSSR count). The van der Waals surface area contributed by atoms with Gasteiger partial charge in [0.15, 0.2) is 11.5 Å². The summed E-state index contributed by atoms with van der Waals surface area (Å²) in [4.78, 5) is 18.4. The van der Waals surface area contributed by atoms with E-state index in [1.807, 2.05) is 24.3 Å². The smallest absolute Gasteiger partial charge is 0.164 e. The van der Waals surface area contributed by atoms with Gasteiger partial charge in [0.25, 0.3) is 0 Å². The maximum Gasteiger partial charge on any atom is 0.164 e. The van der Waals surface area contributed by atoms with Crippen LogP contribution in [-0.2, 0) is 0 Å². The van der Waals surface area contributed by atoms with Crippen LogP contribution in [0.3, 0.4) is 0 Å². The van der Waals surface area contributed by atoms with Gasteiger partial charge in [0.1, 0.15) is 11.3 Å². The summed E-state index contributed by atoms with van der Waals surface area (Å²) >= 11 is 0. The van der Waals surface area contributed by atoms with Crippen LogP contribution < -0.4 is 10.6 Å². The molecule has 7 heteroatoms. The molecular weight excluding hydrogens is 362 g/mol. The third kappa shape index (κ3) is 3.19. The Morgan fingerprint density at radius 2 is 1.52 bits per heavy atom. The molecule has 4 aromatic rings. The zero-order chi connectivity index (χ0) is 19.8. The maximum absolute atomic E-state index is 6.16. The van der Waals surface area contributed by atoms with Crippen LogP contribution in [0.25, 0.3) is 28.2 Å². The average molecular weight is 385 g/mol. The van der Waals surface area contributed by atoms with Gasteiger partial charge in [-0.05, 0) is 55.6 Å². The monoisotopic (exact) mass is 385 g/mol. The summed E-state index contributed by atoms with van der Waals surface area (Å²) in [5, 5.41) is 0. The van der Waals surface area contributed by atoms with E-state index in [0.29, 0.717) is 5.82 Å². The molecule has 0 radical (unpaired) electrons. The molecule has 146 valence electrons. The van der Waals surface area contributed by atoms with E-state index in [2.05, 4.69) is 55.6 Å². The number of hydrogen-bond acceptors (Lipinski definition) is 6. The first-order valence-corrected chi connectivity index (χ1v) is 9.79. The summed E-state index contributed by atoms with van der Waals surface area (Å²) in [7, 11) is 2.17. The molecule has 1 aromatic carbocycles. The predicted octanol–water partition coefficient (Wildman–Crippen LogP) is 2.82. The summed E-state index contributed by atoms with van der Waals surface area (Å²) in [5.74, 6) is 1.20. The Hall–Kier alpha value is -3.45. The summed E-state index contributed by atoms with van der Waals surface area (Å²) in [6.07, 6.45) is 3.48. The van der Waals surface area contributed by atoms with Crippen molar-refractivity contribution in [3.8, 4) is 17.1 Å². The number of nitrogens with zero attached hydrogens (tertiary/aromatic N) is 6. The van der Waals surface area contributed by atoms with Gasteiger partial charge in [-0.15, -0.1) is 0 Å². The highest BCUT2D eigenvalue weighted by Gasteiger charge is 2.18. The fraction of sp³-hybridized carbons (Fsp3) is 0.227. The minimum Gasteiger partial charge on any atom is -0.383 e. The average Bonchev–Trinajstić information content (AvgIpc) is 3.14. The molecule has 1 saturated heterocycles. The molecule has 1 fully saturated rings. The molecule has 0 atom stereocenters. The number of pyridine rings is 2. The van der Waals surface area contributed by atoms with E-state index in [0.717, 1.165) is 54.4 Å². The Balaban J connectivity index is 1.59. The van der Waals surface area contributed by atoms with Crippen LogP contribution in [0.5, 0.6) is 0 Å². The minimum atomic E-state index is 0.457. The molecule has 0 bridgehead atoms. The fourth-order valence-electron chi connectivity index (χ4n) is 3.82. The molecule has 0 spiro atoms. The molecule has 2 N–H and O–H groups in total. The second kappa shape index (κ2) is 7.18. The topological polar surface area (TPSA) is 76.1 Å². The molecule has 7 nitrogen and oxygen atoms in total. The number of likely N-dealkylation sites (N-methyl/N-ethyl adjacent to an activating group) is 1. The number of hydrogen-bond donors (Lipinski definition) is 1. The van der Waals surface area contributed by atoms with Crippen molar-refractivity contribution in [1.29, 1.82) is 0 Å². The van der Waals surface area contributed by atoms with Crippen molar-refractivity contribution < 1.29 is 0 Å². The molecular formula is C22H23N7. The van der Waals surface area contributed by atoms with Gasteiger partial charge in [-0.1, -0.05) is 0 Å². The van der Waals surface area contributed by atoms with E-state index in [1.54, 1.807) is 12.4 Å². The van der Waals surface area contributed by atoms with Crippen molar-refractivity contribution in [2.45, 2.75) is 0 Å². The second-order valence-electron chi connectivity index (χ2n) is 7.36. The van der Waals surface area contributed by atoms with Gasteiger partial charge >= 0.3 is 0 Å². The highest BCUT2D eigenvalue weighted by Crippen LogP contribution is 2.30. The van der Waals surface area contributed by atoms with Crippen LogP contribution in [0.2, 0.25) is 0 Å². The highest BCUT2D eigenvalue weighted by atomic mass is 15.2. The Kier molecular flexibility index (Phi) is 4.37. The maximum atomic E-state index is 6.16. The number of anilines is 2. The lowest BCUT2D eigenvalue weighted by Crippen LogP contribution is -2.44. The van der Waals surface area contributed by atoms with Crippen LogP contribution in [0, 0.1) is 0 Å². The van der Waals surface area contributed by atoms with Gasteiger partial charge in [-0.25, -0.2) is 15.0 Å². The molecule has 0 saturated carbocycles. The SMILES string of the molecule is CN1CCN(c2ccc(-n3c(-c4cccnc4N)nc4cccnc43)cc2)CC1. The number of imidazole rings is 1. The quantitative estimate of drug-likeness (QED) is 0.584. The second-order valence-corrected chi connectivity index (χ2v) is 7.36. The number of nitrogen functional groups attached to an aromatic ring is 1. The lowest BCUT2D eigenvalue weighted by atomic mass is 10.2. The molecule has 3 aromatic heterocycles. The van der Waals surface area contributed by atoms with Gasteiger partial charge in [-0.3, -0.25) is 4.57 Å². The highest BCUT2D eigenvalue weighted by molar-refractivity contribution is 5.82. The summed E-state index contributed by atoms with van der Waals surface area (Å²) in [5.41, 5.74) is 10.8. The van der Waals surface area contributed by atoms with E-state index >= 15 is 0 Å². The van der Waals surface area contributed by atoms with Crippen molar-refractivity contribution in [3.05, 3.63) is 60.9 Å². The predicted molar refractivity (Wildman–Crippen MR) is 116 cm³/mol. The first-order chi connectivity index (χ1) is 14.2. The van der Waals surface area contributed by atoms with Crippen LogP contribution in [0.4, 0.5) is 11.5 Å². The Morgan fingerprint density at radius 3 is 2.28 bits per heavy atom. The Morgan fingerprint density at radius 1 is 0.828 bits per heavy atom. The molecule has 0 unspecified atom stereocenters. The summed E-state index contributed by atoms with van der Waals surface area (Å²) in [6, 6.07) is 16.3. The van der Waals surface area contributed by atoms with E-state index in [-0.39, 0.29) is 0 Å². The normalized spacial score (nSPS) is 15.1. The van der Waals surface area contributed by atoms with Crippen LogP contribution in [0.15, 0.2) is 60.9 Å². The van der Waals surface area contributed by atoms with Gasteiger partial charge < -0.3 is 15.5 Å². The van der Waals surface area contributed by atoms with Crippen molar-refractivity contribution in [2.24, 2.45) is 0 Å². The fourth-order valence-corrected chi connectivity index (χ4v) is 3.82. The molecule has 1 aliphatic heterocycles. The molecule has 29 heavy (non-hydrogen) atoms. The third-order valence-electron chi connectivity index (χ3n) is 5.47. The summed E-state index contributed by atoms with van der Waals surface area (Å²) < 4.78 is 2.05. The molecule has 4 heterocycles. The zero-order valence-corrected chi connectivity index (χ0v) is 16.4. The third-order valence-corrected chi connectivity index (χ3v) is 5.47. The van der Waals surface area contributed by atoms with Crippen molar-refractivity contribution in [3.63, 3.8) is 0 Å². The van der Waals surface area contributed by atoms with E-state index in [4.69, 9.17) is 10.7 Å². The van der Waals surface area contributed by atoms with E-state index in [1.165, 1.54) is 5.69 Å². The standard InChI is InChI=1S/C22H23N7/c1-27-12-14-28(15-13-27)16-6-8-17(9-7-16)29-21(18-4-2-10-24-20(18)23)26-19-5-3-11-25-22(19)29/h2-11H,12-15H2,1H3,(H2,23,24). The first kappa shape index (κ1) is 17.6. The number of piperazine rings is 1. The van der Waals surface area contributed by atoms with Crippen LogP contribution in [-0.4, -0.2) is 57.6 Å². The number of fused-ring (bicyclic) bond motifs is 1. The van der Waals surface area contributed by atoms with Crippen molar-refractivity contribution >= 4 is 22.7 Å². The van der Waals surface area contributed by atoms with Crippen LogP contribution >= 0.6 is 0 Å². The number of rotatable bonds is 3. The number of benzene rings is 1.